The number of hydrogen-bond donors (Lipinski definition) is 1. The smallest absolute Gasteiger partial charge is 0.0747 e. The molecule has 0 bridgehead atoms. The molecular weight excluding hydrogens is 314 g/mol. The van der Waals surface area contributed by atoms with Gasteiger partial charge in [0.1, 0.15) is 0 Å². The number of halogens is 1. The second kappa shape index (κ2) is 7.46. The first-order valence-electron chi connectivity index (χ1n) is 6.83. The zero-order valence-electron chi connectivity index (χ0n) is 11.9. The Morgan fingerprint density at radius 3 is 2.55 bits per heavy atom. The van der Waals surface area contributed by atoms with Gasteiger partial charge in [0.2, 0.25) is 0 Å². The van der Waals surface area contributed by atoms with Crippen LogP contribution in [0.2, 0.25) is 0 Å². The van der Waals surface area contributed by atoms with E-state index in [1.807, 2.05) is 6.07 Å². The molecular formula is C17H20BrNO. The number of rotatable bonds is 6. The summed E-state index contributed by atoms with van der Waals surface area (Å²) in [5, 5.41) is 3.60. The van der Waals surface area contributed by atoms with Gasteiger partial charge in [-0.3, -0.25) is 0 Å². The van der Waals surface area contributed by atoms with Crippen LogP contribution in [0.4, 0.5) is 5.69 Å². The van der Waals surface area contributed by atoms with Crippen molar-refractivity contribution >= 4 is 21.6 Å². The Balaban J connectivity index is 2.24. The topological polar surface area (TPSA) is 21.3 Å². The Labute approximate surface area is 129 Å². The van der Waals surface area contributed by atoms with Crippen molar-refractivity contribution in [3.05, 3.63) is 64.1 Å². The maximum Gasteiger partial charge on any atom is 0.0747 e. The summed E-state index contributed by atoms with van der Waals surface area (Å²) in [6, 6.07) is 16.9. The second-order valence-electron chi connectivity index (χ2n) is 4.72. The summed E-state index contributed by atoms with van der Waals surface area (Å²) in [6.45, 7) is 2.81. The number of nitrogens with one attached hydrogen (secondary N) is 1. The van der Waals surface area contributed by atoms with Gasteiger partial charge in [-0.15, -0.1) is 0 Å². The van der Waals surface area contributed by atoms with Crippen LogP contribution in [0.15, 0.2) is 53.0 Å². The van der Waals surface area contributed by atoms with Gasteiger partial charge in [-0.25, -0.2) is 0 Å². The highest BCUT2D eigenvalue weighted by molar-refractivity contribution is 9.10. The van der Waals surface area contributed by atoms with Gasteiger partial charge in [0.05, 0.1) is 12.6 Å². The Hall–Kier alpha value is -1.32. The molecule has 0 heterocycles. The van der Waals surface area contributed by atoms with E-state index < -0.39 is 0 Å². The summed E-state index contributed by atoms with van der Waals surface area (Å²) in [6.07, 6.45) is 0.996. The quantitative estimate of drug-likeness (QED) is 0.818. The zero-order chi connectivity index (χ0) is 14.4. The van der Waals surface area contributed by atoms with Crippen LogP contribution >= 0.6 is 15.9 Å². The largest absolute Gasteiger partial charge is 0.382 e. The van der Waals surface area contributed by atoms with Crippen LogP contribution in [-0.2, 0) is 11.2 Å². The molecule has 3 heteroatoms. The predicted octanol–water partition coefficient (Wildman–Crippen LogP) is 4.81. The van der Waals surface area contributed by atoms with E-state index in [4.69, 9.17) is 4.74 Å². The van der Waals surface area contributed by atoms with Gasteiger partial charge in [0.15, 0.2) is 0 Å². The van der Waals surface area contributed by atoms with Gasteiger partial charge in [-0.1, -0.05) is 53.2 Å². The molecule has 0 aromatic heterocycles. The molecule has 2 rings (SSSR count). The van der Waals surface area contributed by atoms with Crippen molar-refractivity contribution in [1.29, 1.82) is 0 Å². The molecule has 2 nitrogen and oxygen atoms in total. The molecule has 0 spiro atoms. The van der Waals surface area contributed by atoms with Gasteiger partial charge >= 0.3 is 0 Å². The summed E-state index contributed by atoms with van der Waals surface area (Å²) in [7, 11) is 1.74. The molecule has 1 atom stereocenters. The van der Waals surface area contributed by atoms with E-state index >= 15 is 0 Å². The molecule has 0 aliphatic carbocycles. The first-order chi connectivity index (χ1) is 9.74. The third-order valence-corrected chi connectivity index (χ3v) is 3.81. The lowest BCUT2D eigenvalue weighted by molar-refractivity contribution is 0.186. The van der Waals surface area contributed by atoms with Crippen molar-refractivity contribution in [2.24, 2.45) is 0 Å². The Bertz CT molecular complexity index is 542. The number of hydrogen-bond acceptors (Lipinski definition) is 2. The van der Waals surface area contributed by atoms with Gasteiger partial charge < -0.3 is 10.1 Å². The highest BCUT2D eigenvalue weighted by Crippen LogP contribution is 2.26. The van der Waals surface area contributed by atoms with Crippen molar-refractivity contribution in [1.82, 2.24) is 0 Å². The summed E-state index contributed by atoms with van der Waals surface area (Å²) < 4.78 is 6.47. The molecule has 106 valence electrons. The number of methoxy groups -OCH3 is 1. The van der Waals surface area contributed by atoms with E-state index in [1.165, 1.54) is 16.8 Å². The average molecular weight is 334 g/mol. The Morgan fingerprint density at radius 2 is 1.90 bits per heavy atom. The molecule has 0 amide bonds. The zero-order valence-corrected chi connectivity index (χ0v) is 13.5. The summed E-state index contributed by atoms with van der Waals surface area (Å²) in [5.74, 6) is 0. The van der Waals surface area contributed by atoms with Crippen molar-refractivity contribution < 1.29 is 4.74 Å². The average Bonchev–Trinajstić information content (AvgIpc) is 2.49. The predicted molar refractivity (Wildman–Crippen MR) is 88.2 cm³/mol. The van der Waals surface area contributed by atoms with Crippen LogP contribution in [-0.4, -0.2) is 13.7 Å². The van der Waals surface area contributed by atoms with Crippen molar-refractivity contribution in [3.8, 4) is 0 Å². The molecule has 20 heavy (non-hydrogen) atoms. The normalized spacial score (nSPS) is 12.2. The van der Waals surface area contributed by atoms with Crippen molar-refractivity contribution in [2.45, 2.75) is 19.4 Å². The van der Waals surface area contributed by atoms with Gasteiger partial charge in [-0.05, 0) is 35.7 Å². The molecule has 0 aliphatic rings. The van der Waals surface area contributed by atoms with Crippen LogP contribution in [0.3, 0.4) is 0 Å². The fourth-order valence-electron chi connectivity index (χ4n) is 2.26. The third kappa shape index (κ3) is 3.84. The lowest BCUT2D eigenvalue weighted by Gasteiger charge is -2.21. The van der Waals surface area contributed by atoms with Gasteiger partial charge in [0.25, 0.3) is 0 Å². The SMILES string of the molecule is CCc1cc(Br)ccc1NC(COC)c1ccccc1. The fraction of sp³-hybridized carbons (Fsp3) is 0.294. The minimum absolute atomic E-state index is 0.160. The molecule has 0 radical (unpaired) electrons. The van der Waals surface area contributed by atoms with E-state index in [9.17, 15) is 0 Å². The molecule has 0 saturated heterocycles. The minimum atomic E-state index is 0.160. The molecule has 1 unspecified atom stereocenters. The first kappa shape index (κ1) is 15.1. The van der Waals surface area contributed by atoms with Gasteiger partial charge in [0, 0.05) is 17.3 Å². The van der Waals surface area contributed by atoms with Crippen molar-refractivity contribution in [3.63, 3.8) is 0 Å². The maximum absolute atomic E-state index is 5.36. The lowest BCUT2D eigenvalue weighted by Crippen LogP contribution is -2.17. The van der Waals surface area contributed by atoms with E-state index in [0.717, 1.165) is 10.9 Å². The van der Waals surface area contributed by atoms with E-state index in [2.05, 4.69) is 70.6 Å². The fourth-order valence-corrected chi connectivity index (χ4v) is 2.67. The maximum atomic E-state index is 5.36. The first-order valence-corrected chi connectivity index (χ1v) is 7.62. The molecule has 2 aromatic carbocycles. The number of benzene rings is 2. The van der Waals surface area contributed by atoms with E-state index in [0.29, 0.717) is 6.61 Å². The van der Waals surface area contributed by atoms with Crippen LogP contribution in [0.1, 0.15) is 24.1 Å². The number of ether oxygens (including phenoxy) is 1. The van der Waals surface area contributed by atoms with E-state index in [1.54, 1.807) is 7.11 Å². The second-order valence-corrected chi connectivity index (χ2v) is 5.63. The number of aryl methyl sites for hydroxylation is 1. The summed E-state index contributed by atoms with van der Waals surface area (Å²) >= 11 is 3.53. The summed E-state index contributed by atoms with van der Waals surface area (Å²) in [5.41, 5.74) is 3.71. The minimum Gasteiger partial charge on any atom is -0.382 e. The molecule has 1 N–H and O–H groups in total. The highest BCUT2D eigenvalue weighted by Gasteiger charge is 2.12. The molecule has 0 fully saturated rings. The molecule has 2 aromatic rings. The van der Waals surface area contributed by atoms with Crippen LogP contribution in [0.5, 0.6) is 0 Å². The molecule has 0 saturated carbocycles. The Kier molecular flexibility index (Phi) is 5.62. The van der Waals surface area contributed by atoms with Gasteiger partial charge in [-0.2, -0.15) is 0 Å². The van der Waals surface area contributed by atoms with Crippen molar-refractivity contribution in [2.75, 3.05) is 19.0 Å². The third-order valence-electron chi connectivity index (χ3n) is 3.31. The van der Waals surface area contributed by atoms with E-state index in [-0.39, 0.29) is 6.04 Å². The highest BCUT2D eigenvalue weighted by atomic mass is 79.9. The number of anilines is 1. The standard InChI is InChI=1S/C17H20BrNO/c1-3-13-11-15(18)9-10-16(13)19-17(12-20-2)14-7-5-4-6-8-14/h4-11,17,19H,3,12H2,1-2H3. The van der Waals surface area contributed by atoms with Crippen LogP contribution in [0, 0.1) is 0 Å². The summed E-state index contributed by atoms with van der Waals surface area (Å²) in [4.78, 5) is 0. The van der Waals surface area contributed by atoms with Crippen LogP contribution in [0.25, 0.3) is 0 Å². The molecule has 0 aliphatic heterocycles. The Morgan fingerprint density at radius 1 is 1.15 bits per heavy atom. The monoisotopic (exact) mass is 333 g/mol. The lowest BCUT2D eigenvalue weighted by atomic mass is 10.1. The van der Waals surface area contributed by atoms with Crippen LogP contribution < -0.4 is 5.32 Å².